The summed E-state index contributed by atoms with van der Waals surface area (Å²) in [4.78, 5) is 21.3. The van der Waals surface area contributed by atoms with Crippen LogP contribution >= 0.6 is 0 Å². The molecule has 0 aliphatic rings. The summed E-state index contributed by atoms with van der Waals surface area (Å²) in [5.41, 5.74) is 0.0486. The van der Waals surface area contributed by atoms with E-state index in [0.29, 0.717) is 11.4 Å². The molecule has 20 heavy (non-hydrogen) atoms. The Labute approximate surface area is 113 Å². The highest BCUT2D eigenvalue weighted by atomic mass is 16.6. The van der Waals surface area contributed by atoms with Crippen molar-refractivity contribution >= 4 is 17.1 Å². The molecule has 0 radical (unpaired) electrons. The fourth-order valence-corrected chi connectivity index (χ4v) is 1.40. The topological polar surface area (TPSA) is 105 Å². The van der Waals surface area contributed by atoms with Crippen LogP contribution in [0.15, 0.2) is 63.6 Å². The van der Waals surface area contributed by atoms with Crippen LogP contribution in [0.1, 0.15) is 0 Å². The highest BCUT2D eigenvalue weighted by Crippen LogP contribution is 2.22. The first kappa shape index (κ1) is 13.3. The van der Waals surface area contributed by atoms with Crippen LogP contribution in [0.3, 0.4) is 0 Å². The van der Waals surface area contributed by atoms with E-state index in [1.807, 2.05) is 0 Å². The van der Waals surface area contributed by atoms with Crippen LogP contribution in [0.25, 0.3) is 0 Å². The Morgan fingerprint density at radius 2 is 1.70 bits per heavy atom. The number of non-ortho nitro benzene ring substituents is 1. The van der Waals surface area contributed by atoms with Crippen molar-refractivity contribution < 1.29 is 10.0 Å². The molecule has 0 atom stereocenters. The van der Waals surface area contributed by atoms with Crippen molar-refractivity contribution in [3.63, 3.8) is 0 Å². The molecule has 1 N–H and O–H groups in total. The molecule has 7 nitrogen and oxygen atoms in total. The first-order chi connectivity index (χ1) is 9.56. The quantitative estimate of drug-likeness (QED) is 0.526. The maximum absolute atomic E-state index is 11.2. The van der Waals surface area contributed by atoms with Crippen LogP contribution in [0.4, 0.5) is 17.1 Å². The van der Waals surface area contributed by atoms with E-state index in [1.54, 1.807) is 6.07 Å². The van der Waals surface area contributed by atoms with Gasteiger partial charge >= 0.3 is 0 Å². The summed E-state index contributed by atoms with van der Waals surface area (Å²) in [6.07, 6.45) is 0. The largest absolute Gasteiger partial charge is 0.504 e. The molecule has 100 valence electrons. The third-order valence-electron chi connectivity index (χ3n) is 2.39. The summed E-state index contributed by atoms with van der Waals surface area (Å²) >= 11 is 0. The molecule has 0 bridgehead atoms. The fraction of sp³-hybridized carbons (Fsp3) is 0. The van der Waals surface area contributed by atoms with E-state index < -0.39 is 10.4 Å². The molecular formula is C13H9N3O4. The Bertz CT molecular complexity index is 744. The van der Waals surface area contributed by atoms with Crippen LogP contribution in [0.2, 0.25) is 0 Å². The Balaban J connectivity index is 2.30. The van der Waals surface area contributed by atoms with Crippen LogP contribution in [0, 0.1) is 10.1 Å². The van der Waals surface area contributed by atoms with E-state index in [2.05, 4.69) is 10.2 Å². The Morgan fingerprint density at radius 3 is 2.45 bits per heavy atom. The molecule has 2 rings (SSSR count). The number of rotatable bonds is 3. The van der Waals surface area contributed by atoms with Crippen LogP contribution in [-0.4, -0.2) is 10.0 Å². The van der Waals surface area contributed by atoms with E-state index in [-0.39, 0.29) is 11.4 Å². The van der Waals surface area contributed by atoms with Gasteiger partial charge in [-0.15, -0.1) is 0 Å². The highest BCUT2D eigenvalue weighted by Gasteiger charge is 2.04. The molecule has 7 heteroatoms. The lowest BCUT2D eigenvalue weighted by Gasteiger charge is -1.92. The number of nitrogens with zero attached hydrogens (tertiary/aromatic N) is 3. The minimum Gasteiger partial charge on any atom is -0.504 e. The summed E-state index contributed by atoms with van der Waals surface area (Å²) in [5.74, 6) is -0.387. The molecule has 0 fully saturated rings. The van der Waals surface area contributed by atoms with Crippen LogP contribution in [0.5, 0.6) is 5.75 Å². The summed E-state index contributed by atoms with van der Waals surface area (Å²) in [6.45, 7) is 0. The molecule has 0 saturated heterocycles. The van der Waals surface area contributed by atoms with Gasteiger partial charge in [-0.2, -0.15) is 10.2 Å². The van der Waals surface area contributed by atoms with Gasteiger partial charge in [0.15, 0.2) is 5.75 Å². The van der Waals surface area contributed by atoms with E-state index in [9.17, 15) is 20.0 Å². The monoisotopic (exact) mass is 271 g/mol. The van der Waals surface area contributed by atoms with Crippen molar-refractivity contribution in [2.24, 2.45) is 10.2 Å². The molecule has 0 aliphatic carbocycles. The molecule has 0 unspecified atom stereocenters. The van der Waals surface area contributed by atoms with E-state index in [1.165, 1.54) is 36.4 Å². The first-order valence-corrected chi connectivity index (χ1v) is 5.56. The number of benzene rings is 1. The number of nitro benzene ring substituents is 1. The third-order valence-corrected chi connectivity index (χ3v) is 2.39. The summed E-state index contributed by atoms with van der Waals surface area (Å²) in [6, 6.07) is 10.9. The van der Waals surface area contributed by atoms with E-state index in [0.717, 1.165) is 6.07 Å². The van der Waals surface area contributed by atoms with Gasteiger partial charge in [0.05, 0.1) is 16.3 Å². The maximum Gasteiger partial charge on any atom is 0.271 e. The normalized spacial score (nSPS) is 10.6. The molecule has 2 aromatic carbocycles. The standard InChI is InChI=1S/C13H9N3O4/c17-12-6-4-9(5-7-13(12)18)14-15-10-2-1-3-11(8-10)16(19)20/h1-8H,(H,17,18). The average molecular weight is 271 g/mol. The lowest BCUT2D eigenvalue weighted by molar-refractivity contribution is -0.384. The average Bonchev–Trinajstić information content (AvgIpc) is 2.60. The zero-order valence-electron chi connectivity index (χ0n) is 10.1. The number of nitro groups is 1. The lowest BCUT2D eigenvalue weighted by Crippen LogP contribution is -1.91. The number of hydrogen-bond donors (Lipinski definition) is 1. The van der Waals surface area contributed by atoms with Gasteiger partial charge in [-0.25, -0.2) is 0 Å². The molecule has 0 amide bonds. The van der Waals surface area contributed by atoms with Gasteiger partial charge in [-0.3, -0.25) is 14.9 Å². The Morgan fingerprint density at radius 1 is 1.00 bits per heavy atom. The van der Waals surface area contributed by atoms with Gasteiger partial charge in [-0.05, 0) is 30.3 Å². The maximum atomic E-state index is 11.2. The van der Waals surface area contributed by atoms with Crippen molar-refractivity contribution in [3.05, 3.63) is 68.9 Å². The van der Waals surface area contributed by atoms with Crippen molar-refractivity contribution in [3.8, 4) is 5.75 Å². The predicted molar refractivity (Wildman–Crippen MR) is 71.6 cm³/mol. The van der Waals surface area contributed by atoms with Crippen LogP contribution in [-0.2, 0) is 0 Å². The molecular weight excluding hydrogens is 262 g/mol. The van der Waals surface area contributed by atoms with Crippen molar-refractivity contribution in [2.45, 2.75) is 0 Å². The summed E-state index contributed by atoms with van der Waals surface area (Å²) < 4.78 is 0. The zero-order chi connectivity index (χ0) is 14.5. The molecule has 2 aromatic rings. The van der Waals surface area contributed by atoms with Crippen molar-refractivity contribution in [1.82, 2.24) is 0 Å². The third kappa shape index (κ3) is 3.22. The minimum atomic E-state index is -0.526. The highest BCUT2D eigenvalue weighted by molar-refractivity contribution is 5.47. The number of aromatic hydroxyl groups is 1. The van der Waals surface area contributed by atoms with Gasteiger partial charge in [-0.1, -0.05) is 6.07 Å². The molecule has 0 aromatic heterocycles. The molecule has 0 aliphatic heterocycles. The SMILES string of the molecule is O=c1ccc(N=Nc2cccc([N+](=O)[O-])c2)ccc1O. The fourth-order valence-electron chi connectivity index (χ4n) is 1.40. The van der Waals surface area contributed by atoms with Gasteiger partial charge in [0.1, 0.15) is 0 Å². The second kappa shape index (κ2) is 5.70. The molecule has 0 heterocycles. The number of azo groups is 1. The number of hydrogen-bond acceptors (Lipinski definition) is 6. The smallest absolute Gasteiger partial charge is 0.271 e. The second-order valence-corrected chi connectivity index (χ2v) is 3.82. The minimum absolute atomic E-state index is 0.0837. The van der Waals surface area contributed by atoms with Crippen molar-refractivity contribution in [1.29, 1.82) is 0 Å². The van der Waals surface area contributed by atoms with Gasteiger partial charge in [0, 0.05) is 12.1 Å². The van der Waals surface area contributed by atoms with E-state index in [4.69, 9.17) is 0 Å². The van der Waals surface area contributed by atoms with Crippen LogP contribution < -0.4 is 5.43 Å². The lowest BCUT2D eigenvalue weighted by atomic mass is 10.3. The van der Waals surface area contributed by atoms with Gasteiger partial charge in [0.2, 0.25) is 5.43 Å². The zero-order valence-corrected chi connectivity index (χ0v) is 10.1. The summed E-state index contributed by atoms with van der Waals surface area (Å²) in [5, 5.41) is 27.5. The first-order valence-electron chi connectivity index (χ1n) is 5.56. The second-order valence-electron chi connectivity index (χ2n) is 3.82. The molecule has 0 saturated carbocycles. The Kier molecular flexibility index (Phi) is 3.80. The summed E-state index contributed by atoms with van der Waals surface area (Å²) in [7, 11) is 0. The van der Waals surface area contributed by atoms with Gasteiger partial charge in [0.25, 0.3) is 5.69 Å². The van der Waals surface area contributed by atoms with Gasteiger partial charge < -0.3 is 5.11 Å². The molecule has 0 spiro atoms. The van der Waals surface area contributed by atoms with Crippen molar-refractivity contribution in [2.75, 3.05) is 0 Å². The van der Waals surface area contributed by atoms with E-state index >= 15 is 0 Å². The Hall–Kier alpha value is -3.09. The predicted octanol–water partition coefficient (Wildman–Crippen LogP) is 3.08.